The van der Waals surface area contributed by atoms with E-state index in [1.165, 1.54) is 0 Å². The minimum absolute atomic E-state index is 0.480. The van der Waals surface area contributed by atoms with Crippen LogP contribution in [0.15, 0.2) is 30.3 Å². The molecule has 168 valence electrons. The summed E-state index contributed by atoms with van der Waals surface area (Å²) in [7, 11) is 1.61. The SMILES string of the molecule is COc1ccc(Cc2cc([C@H]3O[C@@H](CO)[C@H](O)[C@@H](O)[C@@H]3O)c3c(c2Cl)OCCC3)cc1. The molecule has 5 atom stereocenters. The lowest BCUT2D eigenvalue weighted by Crippen LogP contribution is -2.55. The van der Waals surface area contributed by atoms with Gasteiger partial charge in [0.05, 0.1) is 25.3 Å². The van der Waals surface area contributed by atoms with Gasteiger partial charge in [-0.25, -0.2) is 0 Å². The van der Waals surface area contributed by atoms with Crippen LogP contribution in [0, 0.1) is 0 Å². The van der Waals surface area contributed by atoms with E-state index >= 15 is 0 Å². The number of fused-ring (bicyclic) bond motifs is 1. The van der Waals surface area contributed by atoms with Gasteiger partial charge >= 0.3 is 0 Å². The topological polar surface area (TPSA) is 109 Å². The van der Waals surface area contributed by atoms with Gasteiger partial charge in [-0.05, 0) is 48.1 Å². The molecule has 2 aromatic carbocycles. The molecule has 2 heterocycles. The molecule has 0 bridgehead atoms. The van der Waals surface area contributed by atoms with E-state index in [0.29, 0.717) is 35.8 Å². The molecule has 0 aromatic heterocycles. The molecule has 0 amide bonds. The lowest BCUT2D eigenvalue weighted by Gasteiger charge is -2.41. The average Bonchev–Trinajstić information content (AvgIpc) is 2.80. The second kappa shape index (κ2) is 9.32. The van der Waals surface area contributed by atoms with Gasteiger partial charge in [0.2, 0.25) is 0 Å². The van der Waals surface area contributed by atoms with Crippen LogP contribution in [0.3, 0.4) is 0 Å². The third-order valence-corrected chi connectivity index (χ3v) is 6.42. The zero-order valence-corrected chi connectivity index (χ0v) is 18.0. The summed E-state index contributed by atoms with van der Waals surface area (Å²) < 4.78 is 16.9. The van der Waals surface area contributed by atoms with E-state index in [4.69, 9.17) is 25.8 Å². The number of ether oxygens (including phenoxy) is 3. The van der Waals surface area contributed by atoms with Crippen molar-refractivity contribution in [1.82, 2.24) is 0 Å². The van der Waals surface area contributed by atoms with E-state index in [1.807, 2.05) is 30.3 Å². The Labute approximate surface area is 185 Å². The lowest BCUT2D eigenvalue weighted by atomic mass is 9.85. The summed E-state index contributed by atoms with van der Waals surface area (Å²) in [4.78, 5) is 0. The highest BCUT2D eigenvalue weighted by Crippen LogP contribution is 2.44. The highest BCUT2D eigenvalue weighted by Gasteiger charge is 2.45. The number of aliphatic hydroxyl groups is 4. The molecule has 0 unspecified atom stereocenters. The Morgan fingerprint density at radius 1 is 1.10 bits per heavy atom. The molecular weight excluding hydrogens is 424 g/mol. The van der Waals surface area contributed by atoms with Crippen LogP contribution in [0.5, 0.6) is 11.5 Å². The Hall–Kier alpha value is -1.87. The Morgan fingerprint density at radius 2 is 1.84 bits per heavy atom. The molecule has 0 aliphatic carbocycles. The maximum absolute atomic E-state index is 10.7. The molecular formula is C23H27ClO7. The Morgan fingerprint density at radius 3 is 2.52 bits per heavy atom. The summed E-state index contributed by atoms with van der Waals surface area (Å²) >= 11 is 6.71. The third-order valence-electron chi connectivity index (χ3n) is 6.00. The first kappa shape index (κ1) is 22.3. The maximum atomic E-state index is 10.7. The minimum atomic E-state index is -1.45. The maximum Gasteiger partial charge on any atom is 0.141 e. The fraction of sp³-hybridized carbons (Fsp3) is 0.478. The van der Waals surface area contributed by atoms with Gasteiger partial charge in [-0.2, -0.15) is 0 Å². The van der Waals surface area contributed by atoms with Crippen molar-refractivity contribution in [3.8, 4) is 11.5 Å². The zero-order chi connectivity index (χ0) is 22.1. The van der Waals surface area contributed by atoms with Crippen molar-refractivity contribution in [3.63, 3.8) is 0 Å². The number of benzene rings is 2. The highest BCUT2D eigenvalue weighted by atomic mass is 35.5. The first-order chi connectivity index (χ1) is 14.9. The largest absolute Gasteiger partial charge is 0.497 e. The van der Waals surface area contributed by atoms with Crippen LogP contribution in [-0.4, -0.2) is 65.2 Å². The van der Waals surface area contributed by atoms with E-state index in [0.717, 1.165) is 28.9 Å². The Bertz CT molecular complexity index is 915. The van der Waals surface area contributed by atoms with Crippen LogP contribution in [-0.2, 0) is 17.6 Å². The molecule has 2 aromatic rings. The molecule has 0 saturated carbocycles. The van der Waals surface area contributed by atoms with Gasteiger partial charge in [0.15, 0.2) is 0 Å². The van der Waals surface area contributed by atoms with Crippen molar-refractivity contribution in [1.29, 1.82) is 0 Å². The second-order valence-corrected chi connectivity index (χ2v) is 8.35. The van der Waals surface area contributed by atoms with E-state index in [9.17, 15) is 20.4 Å². The van der Waals surface area contributed by atoms with Crippen LogP contribution in [0.4, 0.5) is 0 Å². The van der Waals surface area contributed by atoms with Gasteiger partial charge in [-0.1, -0.05) is 29.8 Å². The van der Waals surface area contributed by atoms with Crippen molar-refractivity contribution >= 4 is 11.6 Å². The van der Waals surface area contributed by atoms with Crippen molar-refractivity contribution in [2.45, 2.75) is 49.8 Å². The Balaban J connectivity index is 1.75. The molecule has 7 nitrogen and oxygen atoms in total. The third kappa shape index (κ3) is 4.26. The van der Waals surface area contributed by atoms with Crippen molar-refractivity contribution < 1.29 is 34.6 Å². The molecule has 2 aliphatic heterocycles. The quantitative estimate of drug-likeness (QED) is 0.549. The van der Waals surface area contributed by atoms with E-state index < -0.39 is 37.1 Å². The van der Waals surface area contributed by atoms with Crippen LogP contribution < -0.4 is 9.47 Å². The predicted molar refractivity (Wildman–Crippen MR) is 114 cm³/mol. The van der Waals surface area contributed by atoms with Crippen molar-refractivity contribution in [2.75, 3.05) is 20.3 Å². The van der Waals surface area contributed by atoms with Crippen LogP contribution in [0.25, 0.3) is 0 Å². The predicted octanol–water partition coefficient (Wildman–Crippen LogP) is 1.78. The minimum Gasteiger partial charge on any atom is -0.497 e. The standard InChI is InChI=1S/C23H27ClO7/c1-29-14-6-4-12(5-7-14)9-13-10-16(15-3-2-8-30-22(15)18(13)24)23-21(28)20(27)19(26)17(11-25)31-23/h4-7,10,17,19-21,23,25-28H,2-3,8-9,11H2,1H3/t17-,19-,20+,21-,23+/m0/s1. The summed E-state index contributed by atoms with van der Waals surface area (Å²) in [6, 6.07) is 9.51. The number of rotatable bonds is 5. The summed E-state index contributed by atoms with van der Waals surface area (Å²) in [5.41, 5.74) is 3.27. The van der Waals surface area contributed by atoms with Crippen molar-refractivity contribution in [3.05, 3.63) is 57.6 Å². The van der Waals surface area contributed by atoms with Gasteiger partial charge in [0.25, 0.3) is 0 Å². The number of methoxy groups -OCH3 is 1. The molecule has 4 N–H and O–H groups in total. The molecule has 0 radical (unpaired) electrons. The summed E-state index contributed by atoms with van der Waals surface area (Å²) in [6.07, 6.45) is -4.15. The summed E-state index contributed by atoms with van der Waals surface area (Å²) in [5, 5.41) is 41.2. The number of hydrogen-bond donors (Lipinski definition) is 4. The fourth-order valence-electron chi connectivity index (χ4n) is 4.28. The van der Waals surface area contributed by atoms with Crippen LogP contribution >= 0.6 is 11.6 Å². The zero-order valence-electron chi connectivity index (χ0n) is 17.2. The molecule has 1 fully saturated rings. The normalized spacial score (nSPS) is 28.0. The summed E-state index contributed by atoms with van der Waals surface area (Å²) in [6.45, 7) is 0.0548. The molecule has 2 aliphatic rings. The molecule has 31 heavy (non-hydrogen) atoms. The summed E-state index contributed by atoms with van der Waals surface area (Å²) in [5.74, 6) is 1.32. The second-order valence-electron chi connectivity index (χ2n) is 7.97. The van der Waals surface area contributed by atoms with Gasteiger partial charge in [0.1, 0.15) is 42.0 Å². The fourth-order valence-corrected chi connectivity index (χ4v) is 4.57. The average molecular weight is 451 g/mol. The first-order valence-corrected chi connectivity index (χ1v) is 10.7. The van der Waals surface area contributed by atoms with E-state index in [2.05, 4.69) is 0 Å². The molecule has 4 rings (SSSR count). The molecule has 0 spiro atoms. The molecule has 1 saturated heterocycles. The van der Waals surface area contributed by atoms with Crippen molar-refractivity contribution in [2.24, 2.45) is 0 Å². The monoisotopic (exact) mass is 450 g/mol. The van der Waals surface area contributed by atoms with Gasteiger partial charge in [-0.15, -0.1) is 0 Å². The first-order valence-electron chi connectivity index (χ1n) is 10.3. The van der Waals surface area contributed by atoms with Crippen LogP contribution in [0.2, 0.25) is 5.02 Å². The number of aliphatic hydroxyl groups excluding tert-OH is 4. The van der Waals surface area contributed by atoms with Gasteiger partial charge in [0, 0.05) is 5.56 Å². The van der Waals surface area contributed by atoms with Crippen LogP contribution in [0.1, 0.15) is 34.8 Å². The van der Waals surface area contributed by atoms with E-state index in [-0.39, 0.29) is 0 Å². The van der Waals surface area contributed by atoms with E-state index in [1.54, 1.807) is 7.11 Å². The molecule has 8 heteroatoms. The number of hydrogen-bond acceptors (Lipinski definition) is 7. The smallest absolute Gasteiger partial charge is 0.141 e. The lowest BCUT2D eigenvalue weighted by molar-refractivity contribution is -0.232. The van der Waals surface area contributed by atoms with Gasteiger partial charge < -0.3 is 34.6 Å². The highest BCUT2D eigenvalue weighted by molar-refractivity contribution is 6.33. The van der Waals surface area contributed by atoms with Gasteiger partial charge in [-0.3, -0.25) is 0 Å². The Kier molecular flexibility index (Phi) is 6.71. The number of halogens is 1.